The lowest BCUT2D eigenvalue weighted by atomic mass is 9.95. The second-order valence-corrected chi connectivity index (χ2v) is 4.02. The highest BCUT2D eigenvalue weighted by atomic mass is 16.4. The Bertz CT molecular complexity index is 395. The summed E-state index contributed by atoms with van der Waals surface area (Å²) in [6.45, 7) is 3.74. The van der Waals surface area contributed by atoms with Crippen molar-refractivity contribution >= 4 is 11.8 Å². The molecular formula is C12H15NO3. The molecule has 0 heterocycles. The van der Waals surface area contributed by atoms with Gasteiger partial charge in [-0.15, -0.1) is 0 Å². The zero-order chi connectivity index (χ0) is 12.3. The van der Waals surface area contributed by atoms with Crippen LogP contribution in [-0.4, -0.2) is 22.9 Å². The van der Waals surface area contributed by atoms with Gasteiger partial charge in [0, 0.05) is 5.56 Å². The maximum absolute atomic E-state index is 11.8. The molecule has 1 unspecified atom stereocenters. The maximum atomic E-state index is 11.8. The number of Topliss-reactive ketones (excluding diaryl/α,β-unsaturated/α-hetero) is 1. The average Bonchev–Trinajstić information content (AvgIpc) is 2.27. The monoisotopic (exact) mass is 221 g/mol. The van der Waals surface area contributed by atoms with E-state index in [0.29, 0.717) is 5.56 Å². The first-order chi connectivity index (χ1) is 7.43. The molecule has 4 heteroatoms. The van der Waals surface area contributed by atoms with Crippen molar-refractivity contribution in [3.63, 3.8) is 0 Å². The molecule has 1 aromatic carbocycles. The molecule has 16 heavy (non-hydrogen) atoms. The molecule has 0 aromatic heterocycles. The van der Waals surface area contributed by atoms with Crippen LogP contribution in [0.4, 0.5) is 0 Å². The van der Waals surface area contributed by atoms with Gasteiger partial charge >= 0.3 is 5.97 Å². The smallest absolute Gasteiger partial charge is 0.335 e. The number of carboxylic acids is 1. The fourth-order valence-corrected chi connectivity index (χ4v) is 1.27. The molecule has 1 rings (SSSR count). The van der Waals surface area contributed by atoms with Gasteiger partial charge in [0.05, 0.1) is 11.6 Å². The topological polar surface area (TPSA) is 80.4 Å². The molecule has 0 saturated heterocycles. The number of benzene rings is 1. The van der Waals surface area contributed by atoms with Gasteiger partial charge in [-0.25, -0.2) is 4.79 Å². The van der Waals surface area contributed by atoms with Crippen LogP contribution < -0.4 is 5.73 Å². The van der Waals surface area contributed by atoms with E-state index >= 15 is 0 Å². The molecule has 4 nitrogen and oxygen atoms in total. The van der Waals surface area contributed by atoms with Crippen molar-refractivity contribution in [2.75, 3.05) is 0 Å². The summed E-state index contributed by atoms with van der Waals surface area (Å²) in [7, 11) is 0. The first-order valence-electron chi connectivity index (χ1n) is 5.06. The highest BCUT2D eigenvalue weighted by Gasteiger charge is 2.18. The summed E-state index contributed by atoms with van der Waals surface area (Å²) in [5, 5.41) is 8.70. The predicted molar refractivity (Wildman–Crippen MR) is 60.5 cm³/mol. The molecule has 1 atom stereocenters. The minimum atomic E-state index is -1.01. The molecule has 0 bridgehead atoms. The molecule has 0 saturated carbocycles. The zero-order valence-corrected chi connectivity index (χ0v) is 9.31. The van der Waals surface area contributed by atoms with Crippen molar-refractivity contribution in [1.82, 2.24) is 0 Å². The normalized spacial score (nSPS) is 12.5. The molecule has 0 amide bonds. The third-order valence-electron chi connectivity index (χ3n) is 2.44. The highest BCUT2D eigenvalue weighted by molar-refractivity contribution is 6.00. The maximum Gasteiger partial charge on any atom is 0.335 e. The minimum Gasteiger partial charge on any atom is -0.478 e. The minimum absolute atomic E-state index is 0.0617. The van der Waals surface area contributed by atoms with Gasteiger partial charge < -0.3 is 10.8 Å². The lowest BCUT2D eigenvalue weighted by Gasteiger charge is -2.14. The predicted octanol–water partition coefficient (Wildman–Crippen LogP) is 1.55. The third kappa shape index (κ3) is 2.67. The van der Waals surface area contributed by atoms with Gasteiger partial charge in [-0.2, -0.15) is 0 Å². The fourth-order valence-electron chi connectivity index (χ4n) is 1.27. The first-order valence-corrected chi connectivity index (χ1v) is 5.06. The number of aromatic carboxylic acids is 1. The molecule has 0 aliphatic rings. The Hall–Kier alpha value is -1.68. The van der Waals surface area contributed by atoms with Crippen LogP contribution >= 0.6 is 0 Å². The Morgan fingerprint density at radius 2 is 1.56 bits per heavy atom. The van der Waals surface area contributed by atoms with E-state index in [0.717, 1.165) is 0 Å². The highest BCUT2D eigenvalue weighted by Crippen LogP contribution is 2.10. The zero-order valence-electron chi connectivity index (χ0n) is 9.31. The van der Waals surface area contributed by atoms with E-state index in [4.69, 9.17) is 10.8 Å². The molecule has 86 valence electrons. The van der Waals surface area contributed by atoms with Crippen LogP contribution in [0, 0.1) is 5.92 Å². The molecule has 0 spiro atoms. The van der Waals surface area contributed by atoms with Crippen LogP contribution in [0.5, 0.6) is 0 Å². The average molecular weight is 221 g/mol. The molecule has 0 radical (unpaired) electrons. The van der Waals surface area contributed by atoms with Crippen LogP contribution in [-0.2, 0) is 0 Å². The Morgan fingerprint density at radius 1 is 1.12 bits per heavy atom. The van der Waals surface area contributed by atoms with E-state index in [1.54, 1.807) is 0 Å². The van der Waals surface area contributed by atoms with Crippen LogP contribution in [0.25, 0.3) is 0 Å². The standard InChI is InChI=1S/C12H15NO3/c1-7(2)10(13)11(14)8-3-5-9(6-4-8)12(15)16/h3-7,10H,13H2,1-2H3,(H,15,16). The van der Waals surface area contributed by atoms with Crippen LogP contribution in [0.15, 0.2) is 24.3 Å². The van der Waals surface area contributed by atoms with Crippen molar-refractivity contribution in [3.05, 3.63) is 35.4 Å². The van der Waals surface area contributed by atoms with E-state index in [9.17, 15) is 9.59 Å². The summed E-state index contributed by atoms with van der Waals surface area (Å²) in [6, 6.07) is 5.25. The van der Waals surface area contributed by atoms with Gasteiger partial charge in [0.2, 0.25) is 0 Å². The second kappa shape index (κ2) is 4.90. The summed E-state index contributed by atoms with van der Waals surface area (Å²) < 4.78 is 0. The van der Waals surface area contributed by atoms with E-state index in [2.05, 4.69) is 0 Å². The Labute approximate surface area is 94.1 Å². The van der Waals surface area contributed by atoms with Gasteiger partial charge in [-0.3, -0.25) is 4.79 Å². The van der Waals surface area contributed by atoms with Gasteiger partial charge in [0.25, 0.3) is 0 Å². The number of carbonyl (C=O) groups is 2. The van der Waals surface area contributed by atoms with Crippen LogP contribution in [0.2, 0.25) is 0 Å². The van der Waals surface area contributed by atoms with Crippen LogP contribution in [0.1, 0.15) is 34.6 Å². The summed E-state index contributed by atoms with van der Waals surface area (Å²) in [5.74, 6) is -1.11. The number of hydrogen-bond donors (Lipinski definition) is 2. The fraction of sp³-hybridized carbons (Fsp3) is 0.333. The second-order valence-electron chi connectivity index (χ2n) is 4.02. The van der Waals surface area contributed by atoms with Gasteiger partial charge in [-0.1, -0.05) is 26.0 Å². The van der Waals surface area contributed by atoms with E-state index in [-0.39, 0.29) is 17.3 Å². The molecule has 0 aliphatic carbocycles. The summed E-state index contributed by atoms with van der Waals surface area (Å²) in [5.41, 5.74) is 6.34. The van der Waals surface area contributed by atoms with Gasteiger partial charge in [0.1, 0.15) is 0 Å². The van der Waals surface area contributed by atoms with Crippen LogP contribution in [0.3, 0.4) is 0 Å². The number of ketones is 1. The van der Waals surface area contributed by atoms with Crippen molar-refractivity contribution in [2.24, 2.45) is 11.7 Å². The first kappa shape index (κ1) is 12.4. The quantitative estimate of drug-likeness (QED) is 0.756. The molecule has 0 fully saturated rings. The lowest BCUT2D eigenvalue weighted by molar-refractivity contribution is 0.0696. The Kier molecular flexibility index (Phi) is 3.79. The number of carbonyl (C=O) groups excluding carboxylic acids is 1. The van der Waals surface area contributed by atoms with Crippen molar-refractivity contribution in [2.45, 2.75) is 19.9 Å². The van der Waals surface area contributed by atoms with Gasteiger partial charge in [0.15, 0.2) is 5.78 Å². The van der Waals surface area contributed by atoms with Crippen molar-refractivity contribution in [1.29, 1.82) is 0 Å². The Morgan fingerprint density at radius 3 is 1.94 bits per heavy atom. The summed E-state index contributed by atoms with van der Waals surface area (Å²) >= 11 is 0. The SMILES string of the molecule is CC(C)C(N)C(=O)c1ccc(C(=O)O)cc1. The van der Waals surface area contributed by atoms with Crippen molar-refractivity contribution in [3.8, 4) is 0 Å². The molecule has 1 aromatic rings. The number of hydrogen-bond acceptors (Lipinski definition) is 3. The largest absolute Gasteiger partial charge is 0.478 e. The van der Waals surface area contributed by atoms with E-state index < -0.39 is 12.0 Å². The molecule has 0 aliphatic heterocycles. The summed E-state index contributed by atoms with van der Waals surface area (Å²) in [6.07, 6.45) is 0. The molecule has 3 N–H and O–H groups in total. The van der Waals surface area contributed by atoms with Gasteiger partial charge in [-0.05, 0) is 18.1 Å². The number of rotatable bonds is 4. The third-order valence-corrected chi connectivity index (χ3v) is 2.44. The number of nitrogens with two attached hydrogens (primary N) is 1. The van der Waals surface area contributed by atoms with Crippen molar-refractivity contribution < 1.29 is 14.7 Å². The molecular weight excluding hydrogens is 206 g/mol. The van der Waals surface area contributed by atoms with E-state index in [1.165, 1.54) is 24.3 Å². The summed E-state index contributed by atoms with van der Waals surface area (Å²) in [4.78, 5) is 22.4. The lowest BCUT2D eigenvalue weighted by Crippen LogP contribution is -2.35. The Balaban J connectivity index is 2.90. The van der Waals surface area contributed by atoms with E-state index in [1.807, 2.05) is 13.8 Å². The number of carboxylic acid groups (broad SMARTS) is 1.